The van der Waals surface area contributed by atoms with Crippen LogP contribution in [0.1, 0.15) is 25.8 Å². The van der Waals surface area contributed by atoms with Crippen molar-refractivity contribution in [3.05, 3.63) is 29.8 Å². The number of rotatable bonds is 4. The maximum absolute atomic E-state index is 12.1. The number of nitrogens with zero attached hydrogens (tertiary/aromatic N) is 1. The Kier molecular flexibility index (Phi) is 4.43. The fourth-order valence-corrected chi connectivity index (χ4v) is 2.60. The van der Waals surface area contributed by atoms with Crippen molar-refractivity contribution in [2.45, 2.75) is 38.8 Å². The third-order valence-electron chi connectivity index (χ3n) is 3.65. The van der Waals surface area contributed by atoms with Gasteiger partial charge in [-0.1, -0.05) is 19.1 Å². The van der Waals surface area contributed by atoms with Crippen molar-refractivity contribution < 1.29 is 4.79 Å². The van der Waals surface area contributed by atoms with Crippen molar-refractivity contribution in [2.24, 2.45) is 5.73 Å². The number of nitrogens with one attached hydrogen (secondary N) is 1. The average molecular weight is 261 g/mol. The molecule has 1 aliphatic heterocycles. The van der Waals surface area contributed by atoms with E-state index >= 15 is 0 Å². The Labute approximate surface area is 115 Å². The molecule has 1 amide bonds. The van der Waals surface area contributed by atoms with E-state index < -0.39 is 0 Å². The van der Waals surface area contributed by atoms with Gasteiger partial charge in [0.1, 0.15) is 6.04 Å². The fraction of sp³-hybridized carbons (Fsp3) is 0.533. The highest BCUT2D eigenvalue weighted by Gasteiger charge is 2.32. The van der Waals surface area contributed by atoms with Crippen molar-refractivity contribution >= 4 is 11.6 Å². The second-order valence-electron chi connectivity index (χ2n) is 5.18. The van der Waals surface area contributed by atoms with Gasteiger partial charge in [0.25, 0.3) is 0 Å². The zero-order chi connectivity index (χ0) is 13.8. The molecule has 104 valence electrons. The molecule has 0 aromatic heterocycles. The van der Waals surface area contributed by atoms with E-state index in [0.29, 0.717) is 13.0 Å². The van der Waals surface area contributed by atoms with Gasteiger partial charge in [-0.25, -0.2) is 0 Å². The number of piperazine rings is 1. The number of anilines is 1. The number of carbonyl (C=O) groups excluding carboxylic acids is 1. The maximum atomic E-state index is 12.1. The molecule has 0 saturated carbocycles. The van der Waals surface area contributed by atoms with Crippen LogP contribution in [0.4, 0.5) is 5.69 Å². The van der Waals surface area contributed by atoms with Crippen LogP contribution in [0.3, 0.4) is 0 Å². The van der Waals surface area contributed by atoms with E-state index in [0.717, 1.165) is 18.7 Å². The first-order chi connectivity index (χ1) is 9.15. The second-order valence-corrected chi connectivity index (χ2v) is 5.18. The van der Waals surface area contributed by atoms with Gasteiger partial charge in [-0.3, -0.25) is 4.79 Å². The number of nitrogens with two attached hydrogens (primary N) is 1. The quantitative estimate of drug-likeness (QED) is 0.858. The number of hydrogen-bond acceptors (Lipinski definition) is 3. The zero-order valence-electron chi connectivity index (χ0n) is 11.7. The summed E-state index contributed by atoms with van der Waals surface area (Å²) in [6.45, 7) is 5.53. The van der Waals surface area contributed by atoms with E-state index in [1.54, 1.807) is 0 Å². The van der Waals surface area contributed by atoms with E-state index in [-0.39, 0.29) is 18.0 Å². The van der Waals surface area contributed by atoms with Gasteiger partial charge in [0.15, 0.2) is 0 Å². The molecule has 1 saturated heterocycles. The SMILES string of the molecule is CCc1ccc(N2CC(C)NC(=O)C2CCN)cc1. The lowest BCUT2D eigenvalue weighted by molar-refractivity contribution is -0.124. The van der Waals surface area contributed by atoms with Crippen LogP contribution in [0.25, 0.3) is 0 Å². The predicted octanol–water partition coefficient (Wildman–Crippen LogP) is 1.29. The summed E-state index contributed by atoms with van der Waals surface area (Å²) in [5.74, 6) is 0.0868. The van der Waals surface area contributed by atoms with Gasteiger partial charge >= 0.3 is 0 Å². The lowest BCUT2D eigenvalue weighted by Crippen LogP contribution is -2.59. The Hall–Kier alpha value is -1.55. The van der Waals surface area contributed by atoms with Crippen LogP contribution in [0, 0.1) is 0 Å². The van der Waals surface area contributed by atoms with Crippen LogP contribution in [-0.4, -0.2) is 31.1 Å². The highest BCUT2D eigenvalue weighted by atomic mass is 16.2. The van der Waals surface area contributed by atoms with Gasteiger partial charge in [-0.2, -0.15) is 0 Å². The van der Waals surface area contributed by atoms with Crippen LogP contribution in [0.2, 0.25) is 0 Å². The molecule has 0 spiro atoms. The molecule has 4 nitrogen and oxygen atoms in total. The molecular weight excluding hydrogens is 238 g/mol. The molecule has 1 heterocycles. The van der Waals surface area contributed by atoms with Crippen molar-refractivity contribution in [2.75, 3.05) is 18.0 Å². The van der Waals surface area contributed by atoms with E-state index in [1.165, 1.54) is 5.56 Å². The summed E-state index contributed by atoms with van der Waals surface area (Å²) in [5, 5.41) is 3.00. The molecule has 1 fully saturated rings. The molecular formula is C15H23N3O. The third-order valence-corrected chi connectivity index (χ3v) is 3.65. The van der Waals surface area contributed by atoms with Crippen molar-refractivity contribution in [1.29, 1.82) is 0 Å². The summed E-state index contributed by atoms with van der Waals surface area (Å²) in [5.41, 5.74) is 8.06. The minimum atomic E-state index is -0.145. The van der Waals surface area contributed by atoms with Gasteiger partial charge in [0.2, 0.25) is 5.91 Å². The topological polar surface area (TPSA) is 58.4 Å². The summed E-state index contributed by atoms with van der Waals surface area (Å²) in [7, 11) is 0. The molecule has 4 heteroatoms. The fourth-order valence-electron chi connectivity index (χ4n) is 2.60. The van der Waals surface area contributed by atoms with Gasteiger partial charge in [0, 0.05) is 18.3 Å². The Balaban J connectivity index is 2.23. The van der Waals surface area contributed by atoms with Crippen molar-refractivity contribution in [1.82, 2.24) is 5.32 Å². The van der Waals surface area contributed by atoms with E-state index in [1.807, 2.05) is 6.92 Å². The van der Waals surface area contributed by atoms with Crippen molar-refractivity contribution in [3.8, 4) is 0 Å². The lowest BCUT2D eigenvalue weighted by Gasteiger charge is -2.39. The van der Waals surface area contributed by atoms with E-state index in [2.05, 4.69) is 41.4 Å². The van der Waals surface area contributed by atoms with Crippen LogP contribution >= 0.6 is 0 Å². The standard InChI is InChI=1S/C15H23N3O/c1-3-12-4-6-13(7-5-12)18-10-11(2)17-15(19)14(18)8-9-16/h4-7,11,14H,3,8-10,16H2,1-2H3,(H,17,19). The Morgan fingerprint density at radius 1 is 1.37 bits per heavy atom. The molecule has 0 radical (unpaired) electrons. The van der Waals surface area contributed by atoms with E-state index in [9.17, 15) is 4.79 Å². The molecule has 3 N–H and O–H groups in total. The van der Waals surface area contributed by atoms with Gasteiger partial charge in [-0.15, -0.1) is 0 Å². The first-order valence-corrected chi connectivity index (χ1v) is 7.01. The molecule has 1 aromatic rings. The highest BCUT2D eigenvalue weighted by molar-refractivity contribution is 5.87. The molecule has 19 heavy (non-hydrogen) atoms. The normalized spacial score (nSPS) is 23.3. The maximum Gasteiger partial charge on any atom is 0.243 e. The molecule has 0 aliphatic carbocycles. The van der Waals surface area contributed by atoms with E-state index in [4.69, 9.17) is 5.73 Å². The van der Waals surface area contributed by atoms with Gasteiger partial charge < -0.3 is 16.0 Å². The van der Waals surface area contributed by atoms with Gasteiger partial charge in [-0.05, 0) is 44.0 Å². The number of benzene rings is 1. The van der Waals surface area contributed by atoms with Crippen LogP contribution < -0.4 is 16.0 Å². The van der Waals surface area contributed by atoms with Crippen LogP contribution in [-0.2, 0) is 11.2 Å². The first kappa shape index (κ1) is 13.9. The zero-order valence-corrected chi connectivity index (χ0v) is 11.7. The third kappa shape index (κ3) is 3.07. The average Bonchev–Trinajstić information content (AvgIpc) is 2.42. The summed E-state index contributed by atoms with van der Waals surface area (Å²) in [6.07, 6.45) is 1.72. The first-order valence-electron chi connectivity index (χ1n) is 7.01. The van der Waals surface area contributed by atoms with Crippen LogP contribution in [0.5, 0.6) is 0 Å². The summed E-state index contributed by atoms with van der Waals surface area (Å²) in [6, 6.07) is 8.50. The molecule has 2 rings (SSSR count). The predicted molar refractivity (Wildman–Crippen MR) is 78.2 cm³/mol. The Bertz CT molecular complexity index is 430. The second kappa shape index (κ2) is 6.06. The van der Waals surface area contributed by atoms with Crippen LogP contribution in [0.15, 0.2) is 24.3 Å². The number of aryl methyl sites for hydroxylation is 1. The molecule has 2 atom stereocenters. The number of hydrogen-bond donors (Lipinski definition) is 2. The van der Waals surface area contributed by atoms with Gasteiger partial charge in [0.05, 0.1) is 0 Å². The Morgan fingerprint density at radius 2 is 2.05 bits per heavy atom. The molecule has 2 unspecified atom stereocenters. The summed E-state index contributed by atoms with van der Waals surface area (Å²) < 4.78 is 0. The number of amides is 1. The smallest absolute Gasteiger partial charge is 0.243 e. The Morgan fingerprint density at radius 3 is 2.63 bits per heavy atom. The highest BCUT2D eigenvalue weighted by Crippen LogP contribution is 2.22. The summed E-state index contributed by atoms with van der Waals surface area (Å²) in [4.78, 5) is 14.3. The number of carbonyl (C=O) groups is 1. The van der Waals surface area contributed by atoms with Crippen molar-refractivity contribution in [3.63, 3.8) is 0 Å². The lowest BCUT2D eigenvalue weighted by atomic mass is 10.0. The molecule has 1 aliphatic rings. The largest absolute Gasteiger partial charge is 0.357 e. The summed E-state index contributed by atoms with van der Waals surface area (Å²) >= 11 is 0. The monoisotopic (exact) mass is 261 g/mol. The molecule has 1 aromatic carbocycles. The molecule has 0 bridgehead atoms. The minimum absolute atomic E-state index is 0.0868. The minimum Gasteiger partial charge on any atom is -0.357 e.